The van der Waals surface area contributed by atoms with Gasteiger partial charge < -0.3 is 4.90 Å². The van der Waals surface area contributed by atoms with Crippen molar-refractivity contribution in [1.82, 2.24) is 9.47 Å². The Balaban J connectivity index is 0.00000210. The van der Waals surface area contributed by atoms with E-state index in [1.54, 1.807) is 0 Å². The summed E-state index contributed by atoms with van der Waals surface area (Å²) in [6, 6.07) is 17.0. The van der Waals surface area contributed by atoms with Gasteiger partial charge in [0.05, 0.1) is 10.2 Å². The average Bonchev–Trinajstić information content (AvgIpc) is 2.82. The third-order valence-corrected chi connectivity index (χ3v) is 6.26. The van der Waals surface area contributed by atoms with Crippen molar-refractivity contribution in [2.24, 2.45) is 0 Å². The summed E-state index contributed by atoms with van der Waals surface area (Å²) in [5.74, 6) is 0. The Kier molecular flexibility index (Phi) is 7.11. The van der Waals surface area contributed by atoms with Crippen molar-refractivity contribution in [2.45, 2.75) is 38.6 Å². The molecular formula is C22H27ClN2OS. The molecule has 1 aliphatic heterocycles. The summed E-state index contributed by atoms with van der Waals surface area (Å²) in [5, 5.41) is 0. The molecule has 0 saturated carbocycles. The fourth-order valence-corrected chi connectivity index (χ4v) is 4.85. The molecule has 144 valence electrons. The lowest BCUT2D eigenvalue weighted by atomic mass is 10.1. The van der Waals surface area contributed by atoms with Crippen molar-refractivity contribution in [2.75, 3.05) is 19.6 Å². The molecule has 27 heavy (non-hydrogen) atoms. The highest BCUT2D eigenvalue weighted by atomic mass is 35.5. The smallest absolute Gasteiger partial charge is 0.302 e. The molecule has 0 aliphatic carbocycles. The van der Waals surface area contributed by atoms with E-state index < -0.39 is 0 Å². The quantitative estimate of drug-likeness (QED) is 0.603. The maximum Gasteiger partial charge on any atom is 0.308 e. The van der Waals surface area contributed by atoms with E-state index in [9.17, 15) is 4.79 Å². The highest BCUT2D eigenvalue weighted by Gasteiger charge is 2.12. The molecule has 0 unspecified atom stereocenters. The standard InChI is InChI=1S/C22H26N2OS.ClH/c25-22-24(15-14-23-12-6-1-2-7-13-23)20-11-10-19(17-21(20)26-22)16-18-8-4-3-5-9-18;/h3-5,8-11,17H,1-2,6-7,12-16H2;1H. The van der Waals surface area contributed by atoms with E-state index in [2.05, 4.69) is 47.4 Å². The Hall–Kier alpha value is -1.62. The van der Waals surface area contributed by atoms with E-state index in [1.165, 1.54) is 61.2 Å². The van der Waals surface area contributed by atoms with Gasteiger partial charge in [0.25, 0.3) is 0 Å². The molecular weight excluding hydrogens is 376 g/mol. The maximum absolute atomic E-state index is 12.5. The molecule has 3 nitrogen and oxygen atoms in total. The Labute approximate surface area is 171 Å². The first-order chi connectivity index (χ1) is 12.8. The number of hydrogen-bond donors (Lipinski definition) is 0. The summed E-state index contributed by atoms with van der Waals surface area (Å²) in [7, 11) is 0. The van der Waals surface area contributed by atoms with E-state index in [0.29, 0.717) is 0 Å². The fraction of sp³-hybridized carbons (Fsp3) is 0.409. The molecule has 0 N–H and O–H groups in total. The zero-order valence-electron chi connectivity index (χ0n) is 15.6. The van der Waals surface area contributed by atoms with Crippen molar-refractivity contribution in [1.29, 1.82) is 0 Å². The van der Waals surface area contributed by atoms with Gasteiger partial charge in [-0.1, -0.05) is 60.6 Å². The third kappa shape index (κ3) is 5.01. The first-order valence-electron chi connectivity index (χ1n) is 9.68. The van der Waals surface area contributed by atoms with Crippen LogP contribution in [-0.4, -0.2) is 29.1 Å². The highest BCUT2D eigenvalue weighted by Crippen LogP contribution is 2.21. The number of nitrogens with zero attached hydrogens (tertiary/aromatic N) is 2. The lowest BCUT2D eigenvalue weighted by Gasteiger charge is -2.19. The Bertz CT molecular complexity index is 911. The number of rotatable bonds is 5. The number of hydrogen-bond acceptors (Lipinski definition) is 3. The largest absolute Gasteiger partial charge is 0.308 e. The van der Waals surface area contributed by atoms with Gasteiger partial charge in [0.15, 0.2) is 0 Å². The molecule has 1 fully saturated rings. The summed E-state index contributed by atoms with van der Waals surface area (Å²) >= 11 is 1.38. The van der Waals surface area contributed by atoms with E-state index in [1.807, 2.05) is 10.6 Å². The molecule has 4 rings (SSSR count). The van der Waals surface area contributed by atoms with Crippen LogP contribution in [0.2, 0.25) is 0 Å². The zero-order chi connectivity index (χ0) is 17.8. The first-order valence-corrected chi connectivity index (χ1v) is 10.5. The zero-order valence-corrected chi connectivity index (χ0v) is 17.2. The topological polar surface area (TPSA) is 25.2 Å². The number of benzene rings is 2. The molecule has 1 aliphatic rings. The van der Waals surface area contributed by atoms with E-state index >= 15 is 0 Å². The van der Waals surface area contributed by atoms with Crippen molar-refractivity contribution < 1.29 is 0 Å². The van der Waals surface area contributed by atoms with Crippen LogP contribution >= 0.6 is 23.7 Å². The molecule has 1 saturated heterocycles. The van der Waals surface area contributed by atoms with Gasteiger partial charge in [-0.25, -0.2) is 0 Å². The van der Waals surface area contributed by atoms with Crippen LogP contribution in [0.4, 0.5) is 0 Å². The van der Waals surface area contributed by atoms with Crippen LogP contribution in [0, 0.1) is 0 Å². The van der Waals surface area contributed by atoms with Crippen LogP contribution < -0.4 is 4.87 Å². The minimum Gasteiger partial charge on any atom is -0.302 e. The summed E-state index contributed by atoms with van der Waals surface area (Å²) in [5.41, 5.74) is 3.66. The van der Waals surface area contributed by atoms with Crippen molar-refractivity contribution in [3.05, 3.63) is 69.3 Å². The first kappa shape index (κ1) is 20.1. The number of aromatic nitrogens is 1. The van der Waals surface area contributed by atoms with Crippen LogP contribution in [0.1, 0.15) is 36.8 Å². The average molecular weight is 403 g/mol. The fourth-order valence-electron chi connectivity index (χ4n) is 3.87. The second kappa shape index (κ2) is 9.54. The Morgan fingerprint density at radius 1 is 0.852 bits per heavy atom. The third-order valence-electron chi connectivity index (χ3n) is 5.32. The normalized spacial score (nSPS) is 15.4. The summed E-state index contributed by atoms with van der Waals surface area (Å²) in [6.45, 7) is 4.14. The molecule has 0 atom stereocenters. The van der Waals surface area contributed by atoms with E-state index in [-0.39, 0.29) is 17.3 Å². The molecule has 0 radical (unpaired) electrons. The van der Waals surface area contributed by atoms with Crippen molar-refractivity contribution in [3.63, 3.8) is 0 Å². The van der Waals surface area contributed by atoms with Crippen LogP contribution in [-0.2, 0) is 13.0 Å². The van der Waals surface area contributed by atoms with Gasteiger partial charge in [0.1, 0.15) is 0 Å². The van der Waals surface area contributed by atoms with Gasteiger partial charge in [-0.05, 0) is 55.6 Å². The van der Waals surface area contributed by atoms with Crippen molar-refractivity contribution >= 4 is 34.0 Å². The Morgan fingerprint density at radius 3 is 2.33 bits per heavy atom. The lowest BCUT2D eigenvalue weighted by Crippen LogP contribution is -2.30. The predicted octanol–water partition coefficient (Wildman–Crippen LogP) is 4.95. The second-order valence-electron chi connectivity index (χ2n) is 7.24. The maximum atomic E-state index is 12.5. The van der Waals surface area contributed by atoms with Crippen molar-refractivity contribution in [3.8, 4) is 0 Å². The van der Waals surface area contributed by atoms with Crippen LogP contribution in [0.5, 0.6) is 0 Å². The highest BCUT2D eigenvalue weighted by molar-refractivity contribution is 7.16. The molecule has 1 aromatic heterocycles. The molecule has 2 heterocycles. The van der Waals surface area contributed by atoms with E-state index in [0.717, 1.165) is 29.7 Å². The van der Waals surface area contributed by atoms with Crippen LogP contribution in [0.25, 0.3) is 10.2 Å². The molecule has 0 bridgehead atoms. The molecule has 0 amide bonds. The number of likely N-dealkylation sites (tertiary alicyclic amines) is 1. The molecule has 3 aromatic rings. The van der Waals surface area contributed by atoms with Gasteiger partial charge >= 0.3 is 4.87 Å². The number of halogens is 1. The Morgan fingerprint density at radius 2 is 1.59 bits per heavy atom. The van der Waals surface area contributed by atoms with E-state index in [4.69, 9.17) is 0 Å². The minimum atomic E-state index is 0. The van der Waals surface area contributed by atoms with Gasteiger partial charge in [0.2, 0.25) is 0 Å². The minimum absolute atomic E-state index is 0. The molecule has 0 spiro atoms. The van der Waals surface area contributed by atoms with Gasteiger partial charge in [-0.2, -0.15) is 0 Å². The molecule has 5 heteroatoms. The summed E-state index contributed by atoms with van der Waals surface area (Å²) in [4.78, 5) is 15.2. The van der Waals surface area contributed by atoms with Gasteiger partial charge in [-0.15, -0.1) is 12.4 Å². The lowest BCUT2D eigenvalue weighted by molar-refractivity contribution is 0.274. The second-order valence-corrected chi connectivity index (χ2v) is 8.23. The number of thiazole rings is 1. The van der Waals surface area contributed by atoms with Gasteiger partial charge in [-0.3, -0.25) is 9.36 Å². The van der Waals surface area contributed by atoms with Gasteiger partial charge in [0, 0.05) is 13.1 Å². The SMILES string of the molecule is Cl.O=c1sc2cc(Cc3ccccc3)ccc2n1CCN1CCCCCC1. The predicted molar refractivity (Wildman–Crippen MR) is 117 cm³/mol. The molecule has 2 aromatic carbocycles. The summed E-state index contributed by atoms with van der Waals surface area (Å²) in [6.07, 6.45) is 6.20. The summed E-state index contributed by atoms with van der Waals surface area (Å²) < 4.78 is 3.08. The van der Waals surface area contributed by atoms with Crippen LogP contribution in [0.3, 0.4) is 0 Å². The van der Waals surface area contributed by atoms with Crippen LogP contribution in [0.15, 0.2) is 53.3 Å². The monoisotopic (exact) mass is 402 g/mol. The number of fused-ring (bicyclic) bond motifs is 1.